The molecule has 8 heteroatoms. The van der Waals surface area contributed by atoms with Gasteiger partial charge >= 0.3 is 0 Å². The molecule has 0 aliphatic heterocycles. The molecule has 0 aliphatic rings. The number of aromatic nitrogens is 3. The maximum absolute atomic E-state index is 13.5. The lowest BCUT2D eigenvalue weighted by Crippen LogP contribution is -2.15. The fourth-order valence-electron chi connectivity index (χ4n) is 1.24. The first-order chi connectivity index (χ1) is 8.47. The Kier molecular flexibility index (Phi) is 3.37. The van der Waals surface area contributed by atoms with Crippen LogP contribution in [0.1, 0.15) is 16.4 Å². The second kappa shape index (κ2) is 4.81. The minimum absolute atomic E-state index is 0.0215. The highest BCUT2D eigenvalue weighted by Gasteiger charge is 2.15. The average molecular weight is 317 g/mol. The molecule has 1 heterocycles. The number of carbonyl (C=O) groups is 1. The first kappa shape index (κ1) is 12.6. The highest BCUT2D eigenvalue weighted by Crippen LogP contribution is 2.23. The molecule has 1 aromatic heterocycles. The number of rotatable bonds is 2. The topological polar surface area (TPSA) is 70.7 Å². The van der Waals surface area contributed by atoms with E-state index in [0.717, 1.165) is 12.1 Å². The Morgan fingerprint density at radius 2 is 2.11 bits per heavy atom. The summed E-state index contributed by atoms with van der Waals surface area (Å²) in [6, 6.07) is 1.80. The second-order valence-corrected chi connectivity index (χ2v) is 4.30. The van der Waals surface area contributed by atoms with Crippen molar-refractivity contribution in [3.63, 3.8) is 0 Å². The van der Waals surface area contributed by atoms with E-state index in [9.17, 15) is 13.6 Å². The van der Waals surface area contributed by atoms with Crippen molar-refractivity contribution in [3.05, 3.63) is 39.9 Å². The predicted octanol–water partition coefficient (Wildman–Crippen LogP) is 2.41. The molecule has 94 valence electrons. The van der Waals surface area contributed by atoms with Crippen LogP contribution >= 0.6 is 15.9 Å². The molecule has 5 nitrogen and oxygen atoms in total. The molecule has 0 saturated carbocycles. The van der Waals surface area contributed by atoms with Crippen LogP contribution in [0.25, 0.3) is 0 Å². The van der Waals surface area contributed by atoms with Gasteiger partial charge in [-0.1, -0.05) is 0 Å². The van der Waals surface area contributed by atoms with Gasteiger partial charge in [0.15, 0.2) is 0 Å². The largest absolute Gasteiger partial charge is 0.317 e. The number of nitrogens with one attached hydrogen (secondary N) is 2. The van der Waals surface area contributed by atoms with Crippen LogP contribution in [-0.2, 0) is 0 Å². The number of aromatic amines is 1. The lowest BCUT2D eigenvalue weighted by atomic mass is 10.3. The van der Waals surface area contributed by atoms with Crippen LogP contribution in [-0.4, -0.2) is 21.1 Å². The molecule has 1 amide bonds. The third kappa shape index (κ3) is 2.53. The maximum Gasteiger partial charge on any atom is 0.295 e. The van der Waals surface area contributed by atoms with Crippen molar-refractivity contribution in [2.24, 2.45) is 0 Å². The first-order valence-corrected chi connectivity index (χ1v) is 5.61. The monoisotopic (exact) mass is 316 g/mol. The number of nitrogens with zero attached hydrogens (tertiary/aromatic N) is 2. The van der Waals surface area contributed by atoms with Gasteiger partial charge in [-0.15, -0.1) is 5.10 Å². The molecular weight excluding hydrogens is 310 g/mol. The zero-order chi connectivity index (χ0) is 13.3. The van der Waals surface area contributed by atoms with Gasteiger partial charge in [-0.05, 0) is 28.9 Å². The smallest absolute Gasteiger partial charge is 0.295 e. The van der Waals surface area contributed by atoms with E-state index in [2.05, 4.69) is 36.4 Å². The Morgan fingerprint density at radius 3 is 2.72 bits per heavy atom. The Bertz CT molecular complexity index is 614. The van der Waals surface area contributed by atoms with Crippen LogP contribution in [0, 0.1) is 18.6 Å². The fraction of sp³-hybridized carbons (Fsp3) is 0.100. The van der Waals surface area contributed by atoms with Crippen LogP contribution in [0.4, 0.5) is 14.5 Å². The zero-order valence-corrected chi connectivity index (χ0v) is 10.7. The summed E-state index contributed by atoms with van der Waals surface area (Å²) in [4.78, 5) is 15.4. The van der Waals surface area contributed by atoms with E-state index in [1.807, 2.05) is 0 Å². The van der Waals surface area contributed by atoms with Crippen LogP contribution in [0.5, 0.6) is 0 Å². The van der Waals surface area contributed by atoms with Gasteiger partial charge in [0.1, 0.15) is 17.5 Å². The SMILES string of the molecule is Cc1nc(C(=O)Nc2cc(F)c(Br)cc2F)n[nH]1. The summed E-state index contributed by atoms with van der Waals surface area (Å²) in [5.74, 6) is -1.86. The Balaban J connectivity index is 2.24. The van der Waals surface area contributed by atoms with Crippen molar-refractivity contribution in [1.29, 1.82) is 0 Å². The molecule has 0 spiro atoms. The number of hydrogen-bond donors (Lipinski definition) is 2. The minimum Gasteiger partial charge on any atom is -0.317 e. The van der Waals surface area contributed by atoms with Crippen molar-refractivity contribution in [1.82, 2.24) is 15.2 Å². The van der Waals surface area contributed by atoms with Gasteiger partial charge in [-0.3, -0.25) is 9.89 Å². The van der Waals surface area contributed by atoms with Crippen molar-refractivity contribution in [2.45, 2.75) is 6.92 Å². The summed E-state index contributed by atoms with van der Waals surface area (Å²) < 4.78 is 26.6. The van der Waals surface area contributed by atoms with Crippen molar-refractivity contribution >= 4 is 27.5 Å². The van der Waals surface area contributed by atoms with E-state index < -0.39 is 17.5 Å². The van der Waals surface area contributed by atoms with Crippen molar-refractivity contribution < 1.29 is 13.6 Å². The Labute approximate surface area is 109 Å². The number of carbonyl (C=O) groups excluding carboxylic acids is 1. The average Bonchev–Trinajstić information content (AvgIpc) is 2.73. The maximum atomic E-state index is 13.5. The van der Waals surface area contributed by atoms with E-state index >= 15 is 0 Å². The van der Waals surface area contributed by atoms with E-state index in [1.54, 1.807) is 6.92 Å². The molecule has 1 aromatic carbocycles. The number of benzene rings is 1. The number of anilines is 1. The highest BCUT2D eigenvalue weighted by molar-refractivity contribution is 9.10. The summed E-state index contributed by atoms with van der Waals surface area (Å²) >= 11 is 2.84. The van der Waals surface area contributed by atoms with E-state index in [0.29, 0.717) is 5.82 Å². The molecule has 0 bridgehead atoms. The standard InChI is InChI=1S/C10H7BrF2N4O/c1-4-14-9(17-16-4)10(18)15-8-3-6(12)5(11)2-7(8)13/h2-3H,1H3,(H,15,18)(H,14,16,17). The van der Waals surface area contributed by atoms with Crippen LogP contribution in [0.3, 0.4) is 0 Å². The van der Waals surface area contributed by atoms with E-state index in [1.165, 1.54) is 0 Å². The molecule has 0 aliphatic carbocycles. The van der Waals surface area contributed by atoms with Crippen LogP contribution in [0.15, 0.2) is 16.6 Å². The molecule has 0 atom stereocenters. The first-order valence-electron chi connectivity index (χ1n) is 4.82. The predicted molar refractivity (Wildman–Crippen MR) is 63.1 cm³/mol. The van der Waals surface area contributed by atoms with Gasteiger partial charge < -0.3 is 5.32 Å². The van der Waals surface area contributed by atoms with E-state index in [4.69, 9.17) is 0 Å². The number of aryl methyl sites for hydroxylation is 1. The normalized spacial score (nSPS) is 10.4. The van der Waals surface area contributed by atoms with E-state index in [-0.39, 0.29) is 16.0 Å². The van der Waals surface area contributed by atoms with Crippen molar-refractivity contribution in [3.8, 4) is 0 Å². The molecule has 0 fully saturated rings. The molecule has 18 heavy (non-hydrogen) atoms. The quantitative estimate of drug-likeness (QED) is 0.836. The summed E-state index contributed by atoms with van der Waals surface area (Å²) in [6.45, 7) is 1.61. The van der Waals surface area contributed by atoms with Gasteiger partial charge in [-0.25, -0.2) is 13.8 Å². The highest BCUT2D eigenvalue weighted by atomic mass is 79.9. The minimum atomic E-state index is -0.760. The van der Waals surface area contributed by atoms with Gasteiger partial charge in [-0.2, -0.15) is 0 Å². The van der Waals surface area contributed by atoms with Gasteiger partial charge in [0, 0.05) is 6.07 Å². The third-order valence-corrected chi connectivity index (χ3v) is 2.67. The lowest BCUT2D eigenvalue weighted by Gasteiger charge is -2.05. The number of H-pyrrole nitrogens is 1. The molecule has 0 radical (unpaired) electrons. The van der Waals surface area contributed by atoms with Crippen molar-refractivity contribution in [2.75, 3.05) is 5.32 Å². The Hall–Kier alpha value is -1.83. The van der Waals surface area contributed by atoms with Gasteiger partial charge in [0.05, 0.1) is 10.2 Å². The second-order valence-electron chi connectivity index (χ2n) is 3.44. The zero-order valence-electron chi connectivity index (χ0n) is 9.09. The van der Waals surface area contributed by atoms with Gasteiger partial charge in [0.25, 0.3) is 5.91 Å². The fourth-order valence-corrected chi connectivity index (χ4v) is 1.56. The molecule has 2 N–H and O–H groups in total. The van der Waals surface area contributed by atoms with Crippen LogP contribution in [0.2, 0.25) is 0 Å². The summed E-state index contributed by atoms with van der Waals surface area (Å²) in [6.07, 6.45) is 0. The molecule has 0 saturated heterocycles. The number of hydrogen-bond acceptors (Lipinski definition) is 3. The number of amides is 1. The molecule has 0 unspecified atom stereocenters. The Morgan fingerprint density at radius 1 is 1.39 bits per heavy atom. The third-order valence-electron chi connectivity index (χ3n) is 2.06. The summed E-state index contributed by atoms with van der Waals surface area (Å²) in [5.41, 5.74) is -0.275. The van der Waals surface area contributed by atoms with Gasteiger partial charge in [0.2, 0.25) is 5.82 Å². The van der Waals surface area contributed by atoms with Crippen LogP contribution < -0.4 is 5.32 Å². The molecule has 2 rings (SSSR count). The lowest BCUT2D eigenvalue weighted by molar-refractivity contribution is 0.101. The summed E-state index contributed by atoms with van der Waals surface area (Å²) in [7, 11) is 0. The molecule has 2 aromatic rings. The number of halogens is 3. The summed E-state index contributed by atoms with van der Waals surface area (Å²) in [5, 5.41) is 8.27. The molecular formula is C10H7BrF2N4O.